The first kappa shape index (κ1) is 12.5. The van der Waals surface area contributed by atoms with Gasteiger partial charge in [-0.1, -0.05) is 0 Å². The first-order valence-electron chi connectivity index (χ1n) is 4.68. The van der Waals surface area contributed by atoms with E-state index in [1.54, 1.807) is 19.2 Å². The molecule has 5 nitrogen and oxygen atoms in total. The third kappa shape index (κ3) is 2.67. The topological polar surface area (TPSA) is 74.2 Å². The summed E-state index contributed by atoms with van der Waals surface area (Å²) in [6.45, 7) is 0.349. The van der Waals surface area contributed by atoms with E-state index in [0.717, 1.165) is 0 Å². The van der Waals surface area contributed by atoms with Crippen LogP contribution in [0.1, 0.15) is 5.69 Å². The lowest BCUT2D eigenvalue weighted by Crippen LogP contribution is -2.03. The SMILES string of the molecule is COCc1nc(-c2ccc(Br)o2)nc(N)c1Br. The Morgan fingerprint density at radius 2 is 2.12 bits per heavy atom. The number of aromatic nitrogens is 2. The van der Waals surface area contributed by atoms with Gasteiger partial charge in [-0.05, 0) is 44.0 Å². The number of anilines is 1. The summed E-state index contributed by atoms with van der Waals surface area (Å²) in [7, 11) is 1.59. The van der Waals surface area contributed by atoms with Crippen molar-refractivity contribution in [2.75, 3.05) is 12.8 Å². The van der Waals surface area contributed by atoms with Crippen LogP contribution in [0.25, 0.3) is 11.6 Å². The van der Waals surface area contributed by atoms with Gasteiger partial charge in [-0.2, -0.15) is 0 Å². The predicted molar refractivity (Wildman–Crippen MR) is 70.3 cm³/mol. The Balaban J connectivity index is 2.48. The Kier molecular flexibility index (Phi) is 3.80. The second kappa shape index (κ2) is 5.16. The van der Waals surface area contributed by atoms with Gasteiger partial charge in [-0.15, -0.1) is 0 Å². The Bertz CT molecular complexity index is 542. The standard InChI is InChI=1S/C10H9Br2N3O2/c1-16-4-5-8(12)9(13)15-10(14-5)6-2-3-7(11)17-6/h2-3H,4H2,1H3,(H2,13,14,15). The van der Waals surface area contributed by atoms with Crippen LogP contribution in [-0.4, -0.2) is 17.1 Å². The Hall–Kier alpha value is -0.920. The molecule has 0 unspecified atom stereocenters. The molecule has 0 saturated heterocycles. The van der Waals surface area contributed by atoms with Gasteiger partial charge >= 0.3 is 0 Å². The van der Waals surface area contributed by atoms with Crippen LogP contribution in [0.5, 0.6) is 0 Å². The number of rotatable bonds is 3. The van der Waals surface area contributed by atoms with Crippen molar-refractivity contribution in [1.29, 1.82) is 0 Å². The lowest BCUT2D eigenvalue weighted by molar-refractivity contribution is 0.181. The molecule has 0 radical (unpaired) electrons. The van der Waals surface area contributed by atoms with Crippen molar-refractivity contribution in [2.24, 2.45) is 0 Å². The fourth-order valence-corrected chi connectivity index (χ4v) is 1.89. The minimum Gasteiger partial charge on any atom is -0.446 e. The number of nitrogen functional groups attached to an aromatic ring is 1. The van der Waals surface area contributed by atoms with E-state index < -0.39 is 0 Å². The van der Waals surface area contributed by atoms with E-state index in [1.165, 1.54) is 0 Å². The maximum atomic E-state index is 5.79. The number of hydrogen-bond acceptors (Lipinski definition) is 5. The smallest absolute Gasteiger partial charge is 0.198 e. The summed E-state index contributed by atoms with van der Waals surface area (Å²) in [6.07, 6.45) is 0. The first-order valence-corrected chi connectivity index (χ1v) is 6.27. The zero-order chi connectivity index (χ0) is 12.4. The third-order valence-corrected chi connectivity index (χ3v) is 3.31. The molecule has 2 aromatic rings. The molecule has 2 N–H and O–H groups in total. The number of halogens is 2. The van der Waals surface area contributed by atoms with Gasteiger partial charge in [0.2, 0.25) is 0 Å². The van der Waals surface area contributed by atoms with Gasteiger partial charge in [0.25, 0.3) is 0 Å². The van der Waals surface area contributed by atoms with Crippen LogP contribution in [0.3, 0.4) is 0 Å². The molecule has 17 heavy (non-hydrogen) atoms. The lowest BCUT2D eigenvalue weighted by Gasteiger charge is -2.06. The van der Waals surface area contributed by atoms with Crippen molar-refractivity contribution in [3.63, 3.8) is 0 Å². The van der Waals surface area contributed by atoms with Crippen LogP contribution < -0.4 is 5.73 Å². The summed E-state index contributed by atoms with van der Waals surface area (Å²) in [5, 5.41) is 0. The van der Waals surface area contributed by atoms with Gasteiger partial charge in [-0.25, -0.2) is 9.97 Å². The fraction of sp³-hybridized carbons (Fsp3) is 0.200. The normalized spacial score (nSPS) is 10.8. The van der Waals surface area contributed by atoms with E-state index in [4.69, 9.17) is 14.9 Å². The zero-order valence-electron chi connectivity index (χ0n) is 8.91. The van der Waals surface area contributed by atoms with E-state index in [9.17, 15) is 0 Å². The summed E-state index contributed by atoms with van der Waals surface area (Å²) in [5.41, 5.74) is 6.47. The molecular formula is C10H9Br2N3O2. The maximum absolute atomic E-state index is 5.79. The largest absolute Gasteiger partial charge is 0.446 e. The maximum Gasteiger partial charge on any atom is 0.198 e. The van der Waals surface area contributed by atoms with E-state index in [-0.39, 0.29) is 0 Å². The van der Waals surface area contributed by atoms with Crippen LogP contribution in [0.15, 0.2) is 25.7 Å². The highest BCUT2D eigenvalue weighted by Gasteiger charge is 2.13. The van der Waals surface area contributed by atoms with Crippen LogP contribution in [0.2, 0.25) is 0 Å². The average Bonchev–Trinajstić information content (AvgIpc) is 2.71. The van der Waals surface area contributed by atoms with Crippen LogP contribution in [0, 0.1) is 0 Å². The number of hydrogen-bond donors (Lipinski definition) is 1. The van der Waals surface area contributed by atoms with Gasteiger partial charge in [0.1, 0.15) is 5.82 Å². The van der Waals surface area contributed by atoms with E-state index in [2.05, 4.69) is 41.8 Å². The average molecular weight is 363 g/mol. The zero-order valence-corrected chi connectivity index (χ0v) is 12.1. The molecule has 0 aromatic carbocycles. The molecule has 0 amide bonds. The Labute approximate surface area is 115 Å². The van der Waals surface area contributed by atoms with Crippen molar-refractivity contribution < 1.29 is 9.15 Å². The minimum atomic E-state index is 0.349. The van der Waals surface area contributed by atoms with Gasteiger partial charge in [0.05, 0.1) is 16.8 Å². The van der Waals surface area contributed by atoms with Crippen LogP contribution >= 0.6 is 31.9 Å². The highest BCUT2D eigenvalue weighted by Crippen LogP contribution is 2.27. The quantitative estimate of drug-likeness (QED) is 0.908. The van der Waals surface area contributed by atoms with Crippen LogP contribution in [-0.2, 0) is 11.3 Å². The molecular weight excluding hydrogens is 354 g/mol. The molecule has 0 aliphatic rings. The highest BCUT2D eigenvalue weighted by atomic mass is 79.9. The van der Waals surface area contributed by atoms with Crippen molar-refractivity contribution in [2.45, 2.75) is 6.61 Å². The molecule has 2 aromatic heterocycles. The number of nitrogens with two attached hydrogens (primary N) is 1. The molecule has 2 rings (SSSR count). The summed E-state index contributed by atoms with van der Waals surface area (Å²) in [6, 6.07) is 3.54. The summed E-state index contributed by atoms with van der Waals surface area (Å²) >= 11 is 6.55. The van der Waals surface area contributed by atoms with E-state index in [0.29, 0.717) is 38.8 Å². The monoisotopic (exact) mass is 361 g/mol. The molecule has 0 aliphatic carbocycles. The minimum absolute atomic E-state index is 0.349. The molecule has 7 heteroatoms. The molecule has 0 saturated carbocycles. The number of furan rings is 1. The molecule has 0 fully saturated rings. The molecule has 2 heterocycles. The van der Waals surface area contributed by atoms with Crippen molar-refractivity contribution in [1.82, 2.24) is 9.97 Å². The summed E-state index contributed by atoms with van der Waals surface area (Å²) < 4.78 is 11.7. The van der Waals surface area contributed by atoms with Gasteiger partial charge in [0.15, 0.2) is 16.3 Å². The van der Waals surface area contributed by atoms with E-state index >= 15 is 0 Å². The highest BCUT2D eigenvalue weighted by molar-refractivity contribution is 9.10. The number of ether oxygens (including phenoxy) is 1. The second-order valence-electron chi connectivity index (χ2n) is 3.23. The van der Waals surface area contributed by atoms with Gasteiger partial charge in [-0.3, -0.25) is 0 Å². The van der Waals surface area contributed by atoms with Crippen LogP contribution in [0.4, 0.5) is 5.82 Å². The first-order chi connectivity index (χ1) is 8.11. The fourth-order valence-electron chi connectivity index (χ4n) is 1.29. The molecule has 0 spiro atoms. The molecule has 0 atom stereocenters. The van der Waals surface area contributed by atoms with Gasteiger partial charge < -0.3 is 14.9 Å². The number of methoxy groups -OCH3 is 1. The third-order valence-electron chi connectivity index (χ3n) is 2.02. The van der Waals surface area contributed by atoms with Crippen molar-refractivity contribution >= 4 is 37.7 Å². The molecule has 0 aliphatic heterocycles. The van der Waals surface area contributed by atoms with E-state index in [1.807, 2.05) is 0 Å². The lowest BCUT2D eigenvalue weighted by atomic mass is 10.3. The second-order valence-corrected chi connectivity index (χ2v) is 4.80. The predicted octanol–water partition coefficient (Wildman–Crippen LogP) is 2.99. The van der Waals surface area contributed by atoms with Gasteiger partial charge in [0, 0.05) is 7.11 Å². The summed E-state index contributed by atoms with van der Waals surface area (Å²) in [5.74, 6) is 1.34. The number of nitrogens with zero attached hydrogens (tertiary/aromatic N) is 2. The summed E-state index contributed by atoms with van der Waals surface area (Å²) in [4.78, 5) is 8.48. The van der Waals surface area contributed by atoms with Crippen molar-refractivity contribution in [3.8, 4) is 11.6 Å². The Morgan fingerprint density at radius 1 is 1.35 bits per heavy atom. The molecule has 90 valence electrons. The molecule has 0 bridgehead atoms. The Morgan fingerprint density at radius 3 is 2.71 bits per heavy atom. The van der Waals surface area contributed by atoms with Crippen molar-refractivity contribution in [3.05, 3.63) is 27.0 Å².